The second kappa shape index (κ2) is 7.68. The van der Waals surface area contributed by atoms with Gasteiger partial charge in [0.1, 0.15) is 0 Å². The minimum atomic E-state index is 0.346. The first-order chi connectivity index (χ1) is 12.6. The summed E-state index contributed by atoms with van der Waals surface area (Å²) < 4.78 is 21.7. The summed E-state index contributed by atoms with van der Waals surface area (Å²) in [4.78, 5) is 4.82. The van der Waals surface area contributed by atoms with Gasteiger partial charge < -0.3 is 18.9 Å². The highest BCUT2D eigenvalue weighted by atomic mass is 16.5. The number of methoxy groups -OCH3 is 4. The molecule has 0 aromatic heterocycles. The van der Waals surface area contributed by atoms with E-state index in [1.807, 2.05) is 24.3 Å². The lowest BCUT2D eigenvalue weighted by Crippen LogP contribution is -2.18. The molecule has 2 aromatic rings. The highest BCUT2D eigenvalue weighted by Crippen LogP contribution is 2.37. The molecule has 1 heterocycles. The first-order valence-corrected chi connectivity index (χ1v) is 8.61. The first-order valence-electron chi connectivity index (χ1n) is 8.61. The molecular weight excluding hydrogens is 330 g/mol. The van der Waals surface area contributed by atoms with E-state index in [-0.39, 0.29) is 0 Å². The Morgan fingerprint density at radius 3 is 2.12 bits per heavy atom. The molecule has 5 nitrogen and oxygen atoms in total. The summed E-state index contributed by atoms with van der Waals surface area (Å²) in [6.45, 7) is 2.95. The van der Waals surface area contributed by atoms with Gasteiger partial charge in [-0.05, 0) is 35.4 Å². The van der Waals surface area contributed by atoms with Gasteiger partial charge in [0, 0.05) is 30.2 Å². The fraction of sp³-hybridized carbons (Fsp3) is 0.381. The highest BCUT2D eigenvalue weighted by molar-refractivity contribution is 6.04. The van der Waals surface area contributed by atoms with Crippen molar-refractivity contribution in [2.24, 2.45) is 4.99 Å². The summed E-state index contributed by atoms with van der Waals surface area (Å²) in [5, 5.41) is 0. The van der Waals surface area contributed by atoms with Crippen LogP contribution in [-0.4, -0.2) is 40.7 Å². The molecule has 0 spiro atoms. The van der Waals surface area contributed by atoms with Crippen molar-refractivity contribution in [3.05, 3.63) is 47.0 Å². The lowest BCUT2D eigenvalue weighted by Gasteiger charge is -2.24. The van der Waals surface area contributed by atoms with Crippen LogP contribution in [0.25, 0.3) is 0 Å². The minimum absolute atomic E-state index is 0.346. The van der Waals surface area contributed by atoms with Gasteiger partial charge in [0.15, 0.2) is 23.0 Å². The van der Waals surface area contributed by atoms with Crippen LogP contribution < -0.4 is 18.9 Å². The summed E-state index contributed by atoms with van der Waals surface area (Å²) in [6.07, 6.45) is 0.718. The second-order valence-electron chi connectivity index (χ2n) is 6.35. The van der Waals surface area contributed by atoms with Crippen molar-refractivity contribution in [2.45, 2.75) is 19.3 Å². The SMILES string of the molecule is COc1ccc(CC2=NCC(C)c3cc(OC)c(OC)cc32)cc1OC. The standard InChI is InChI=1S/C21H25NO4/c1-13-12-22-17(8-14-6-7-18(23-2)19(9-14)24-3)16-11-21(26-5)20(25-4)10-15(13)16/h6-7,9-11,13H,8,12H2,1-5H3. The van der Waals surface area contributed by atoms with E-state index in [0.29, 0.717) is 5.92 Å². The number of ether oxygens (including phenoxy) is 4. The Kier molecular flexibility index (Phi) is 5.35. The Labute approximate surface area is 154 Å². The average molecular weight is 355 g/mol. The van der Waals surface area contributed by atoms with Crippen molar-refractivity contribution in [3.8, 4) is 23.0 Å². The molecule has 0 N–H and O–H groups in total. The Morgan fingerprint density at radius 2 is 1.46 bits per heavy atom. The Morgan fingerprint density at radius 1 is 0.846 bits per heavy atom. The number of fused-ring (bicyclic) bond motifs is 1. The van der Waals surface area contributed by atoms with Crippen LogP contribution in [0.15, 0.2) is 35.3 Å². The lowest BCUT2D eigenvalue weighted by atomic mass is 9.87. The normalized spacial score (nSPS) is 15.7. The van der Waals surface area contributed by atoms with Gasteiger partial charge >= 0.3 is 0 Å². The monoisotopic (exact) mass is 355 g/mol. The van der Waals surface area contributed by atoms with Crippen LogP contribution in [0.1, 0.15) is 29.5 Å². The van der Waals surface area contributed by atoms with Gasteiger partial charge in [-0.2, -0.15) is 0 Å². The van der Waals surface area contributed by atoms with Crippen LogP contribution in [0, 0.1) is 0 Å². The van der Waals surface area contributed by atoms with Crippen molar-refractivity contribution in [3.63, 3.8) is 0 Å². The maximum atomic E-state index is 5.49. The van der Waals surface area contributed by atoms with Crippen LogP contribution in [0.3, 0.4) is 0 Å². The average Bonchev–Trinajstić information content (AvgIpc) is 2.69. The molecule has 0 fully saturated rings. The van der Waals surface area contributed by atoms with Crippen LogP contribution in [0.2, 0.25) is 0 Å². The van der Waals surface area contributed by atoms with Gasteiger partial charge in [0.25, 0.3) is 0 Å². The van der Waals surface area contributed by atoms with E-state index in [1.54, 1.807) is 28.4 Å². The Hall–Kier alpha value is -2.69. The molecule has 1 unspecified atom stereocenters. The fourth-order valence-corrected chi connectivity index (χ4v) is 3.32. The van der Waals surface area contributed by atoms with E-state index in [4.69, 9.17) is 23.9 Å². The van der Waals surface area contributed by atoms with Gasteiger partial charge in [0.2, 0.25) is 0 Å². The zero-order valence-corrected chi connectivity index (χ0v) is 16.0. The van der Waals surface area contributed by atoms with Gasteiger partial charge in [-0.1, -0.05) is 13.0 Å². The molecule has 0 saturated heterocycles. The molecule has 1 aliphatic heterocycles. The van der Waals surface area contributed by atoms with Gasteiger partial charge in [-0.3, -0.25) is 4.99 Å². The highest BCUT2D eigenvalue weighted by Gasteiger charge is 2.23. The number of benzene rings is 2. The molecule has 138 valence electrons. The zero-order valence-electron chi connectivity index (χ0n) is 16.0. The van der Waals surface area contributed by atoms with Crippen LogP contribution >= 0.6 is 0 Å². The molecule has 2 aromatic carbocycles. The zero-order chi connectivity index (χ0) is 18.7. The fourth-order valence-electron chi connectivity index (χ4n) is 3.32. The third-order valence-electron chi connectivity index (χ3n) is 4.77. The predicted octanol–water partition coefficient (Wildman–Crippen LogP) is 3.87. The molecule has 0 amide bonds. The van der Waals surface area contributed by atoms with Crippen LogP contribution in [-0.2, 0) is 6.42 Å². The van der Waals surface area contributed by atoms with Crippen molar-refractivity contribution >= 4 is 5.71 Å². The van der Waals surface area contributed by atoms with E-state index in [1.165, 1.54) is 5.56 Å². The molecule has 0 aliphatic carbocycles. The maximum absolute atomic E-state index is 5.49. The smallest absolute Gasteiger partial charge is 0.161 e. The molecule has 1 aliphatic rings. The molecular formula is C21H25NO4. The topological polar surface area (TPSA) is 49.3 Å². The molecule has 1 atom stereocenters. The van der Waals surface area contributed by atoms with Gasteiger partial charge in [0.05, 0.1) is 28.4 Å². The largest absolute Gasteiger partial charge is 0.493 e. The van der Waals surface area contributed by atoms with Crippen molar-refractivity contribution in [1.29, 1.82) is 0 Å². The van der Waals surface area contributed by atoms with Crippen molar-refractivity contribution in [2.75, 3.05) is 35.0 Å². The molecule has 26 heavy (non-hydrogen) atoms. The summed E-state index contributed by atoms with van der Waals surface area (Å²) >= 11 is 0. The number of aliphatic imine (C=N–C) groups is 1. The maximum Gasteiger partial charge on any atom is 0.161 e. The van der Waals surface area contributed by atoms with Crippen LogP contribution in [0.5, 0.6) is 23.0 Å². The van der Waals surface area contributed by atoms with Gasteiger partial charge in [-0.25, -0.2) is 0 Å². The first kappa shape index (κ1) is 18.1. The van der Waals surface area contributed by atoms with Crippen LogP contribution in [0.4, 0.5) is 0 Å². The molecule has 5 heteroatoms. The number of hydrogen-bond donors (Lipinski definition) is 0. The lowest BCUT2D eigenvalue weighted by molar-refractivity contribution is 0.354. The van der Waals surface area contributed by atoms with E-state index >= 15 is 0 Å². The van der Waals surface area contributed by atoms with E-state index in [0.717, 1.165) is 52.8 Å². The molecule has 0 radical (unpaired) electrons. The summed E-state index contributed by atoms with van der Waals surface area (Å²) in [5.74, 6) is 3.27. The van der Waals surface area contributed by atoms with Gasteiger partial charge in [-0.15, -0.1) is 0 Å². The second-order valence-corrected chi connectivity index (χ2v) is 6.35. The quantitative estimate of drug-likeness (QED) is 0.789. The Bertz CT molecular complexity index is 829. The summed E-state index contributed by atoms with van der Waals surface area (Å²) in [5.41, 5.74) is 4.53. The number of rotatable bonds is 6. The van der Waals surface area contributed by atoms with E-state index < -0.39 is 0 Å². The molecule has 0 bridgehead atoms. The van der Waals surface area contributed by atoms with Crippen molar-refractivity contribution in [1.82, 2.24) is 0 Å². The number of hydrogen-bond acceptors (Lipinski definition) is 5. The summed E-state index contributed by atoms with van der Waals surface area (Å²) in [7, 11) is 6.60. The van der Waals surface area contributed by atoms with E-state index in [9.17, 15) is 0 Å². The Balaban J connectivity index is 1.98. The van der Waals surface area contributed by atoms with Crippen molar-refractivity contribution < 1.29 is 18.9 Å². The summed E-state index contributed by atoms with van der Waals surface area (Å²) in [6, 6.07) is 10.1. The number of nitrogens with zero attached hydrogens (tertiary/aromatic N) is 1. The predicted molar refractivity (Wildman–Crippen MR) is 103 cm³/mol. The molecule has 3 rings (SSSR count). The third kappa shape index (κ3) is 3.34. The molecule has 0 saturated carbocycles. The minimum Gasteiger partial charge on any atom is -0.493 e. The van der Waals surface area contributed by atoms with E-state index in [2.05, 4.69) is 13.0 Å². The third-order valence-corrected chi connectivity index (χ3v) is 4.77.